The Balaban J connectivity index is 1.89. The highest BCUT2D eigenvalue weighted by atomic mass is 35.5. The Bertz CT molecular complexity index is 525. The van der Waals surface area contributed by atoms with Crippen molar-refractivity contribution in [3.8, 4) is 5.75 Å². The third-order valence-electron chi connectivity index (χ3n) is 3.82. The molecule has 1 amide bonds. The van der Waals surface area contributed by atoms with Gasteiger partial charge in [-0.3, -0.25) is 4.79 Å². The zero-order valence-electron chi connectivity index (χ0n) is 13.4. The maximum absolute atomic E-state index is 11.9. The zero-order chi connectivity index (χ0) is 16.1. The summed E-state index contributed by atoms with van der Waals surface area (Å²) in [6.07, 6.45) is 2.22. The Morgan fingerprint density at radius 1 is 1.50 bits per heavy atom. The quantitative estimate of drug-likeness (QED) is 0.871. The molecular weight excluding hydrogens is 302 g/mol. The fourth-order valence-electron chi connectivity index (χ4n) is 2.47. The number of benzene rings is 1. The van der Waals surface area contributed by atoms with E-state index in [0.29, 0.717) is 6.54 Å². The summed E-state index contributed by atoms with van der Waals surface area (Å²) in [5.74, 6) is 0.880. The van der Waals surface area contributed by atoms with Crippen LogP contribution in [0.5, 0.6) is 5.75 Å². The van der Waals surface area contributed by atoms with E-state index in [-0.39, 0.29) is 24.5 Å². The number of aryl methyl sites for hydroxylation is 1. The fraction of sp³-hybridized carbons (Fsp3) is 0.588. The van der Waals surface area contributed by atoms with Crippen molar-refractivity contribution >= 4 is 17.5 Å². The van der Waals surface area contributed by atoms with Crippen LogP contribution in [0.25, 0.3) is 0 Å². The van der Waals surface area contributed by atoms with Gasteiger partial charge in [0, 0.05) is 18.2 Å². The van der Waals surface area contributed by atoms with Gasteiger partial charge in [-0.25, -0.2) is 0 Å². The molecule has 0 bridgehead atoms. The number of hydrogen-bond acceptors (Lipinski definition) is 3. The second-order valence-corrected chi connectivity index (χ2v) is 6.43. The molecule has 2 rings (SSSR count). The molecule has 0 saturated carbocycles. The highest BCUT2D eigenvalue weighted by molar-refractivity contribution is 6.31. The van der Waals surface area contributed by atoms with Crippen LogP contribution < -0.4 is 10.1 Å². The number of carbonyl (C=O) groups excluding carboxylic acids is 1. The van der Waals surface area contributed by atoms with E-state index in [1.54, 1.807) is 0 Å². The van der Waals surface area contributed by atoms with Crippen LogP contribution in [-0.2, 0) is 9.53 Å². The first-order valence-electron chi connectivity index (χ1n) is 7.78. The molecule has 4 nitrogen and oxygen atoms in total. The molecule has 1 fully saturated rings. The van der Waals surface area contributed by atoms with Gasteiger partial charge in [0.25, 0.3) is 5.91 Å². The van der Waals surface area contributed by atoms with E-state index in [2.05, 4.69) is 19.2 Å². The summed E-state index contributed by atoms with van der Waals surface area (Å²) in [7, 11) is 0. The summed E-state index contributed by atoms with van der Waals surface area (Å²) in [6, 6.07) is 3.81. The number of amides is 1. The van der Waals surface area contributed by atoms with Crippen molar-refractivity contribution < 1.29 is 14.3 Å². The lowest BCUT2D eigenvalue weighted by Gasteiger charge is -2.16. The average Bonchev–Trinajstić information content (AvgIpc) is 2.99. The molecule has 1 unspecified atom stereocenters. The van der Waals surface area contributed by atoms with Crippen LogP contribution in [0.4, 0.5) is 0 Å². The minimum atomic E-state index is -0.127. The smallest absolute Gasteiger partial charge is 0.258 e. The normalized spacial score (nSPS) is 17.8. The van der Waals surface area contributed by atoms with Crippen molar-refractivity contribution in [2.75, 3.05) is 19.8 Å². The molecule has 1 aromatic carbocycles. The lowest BCUT2D eigenvalue weighted by atomic mass is 10.0. The lowest BCUT2D eigenvalue weighted by Crippen LogP contribution is -2.35. The molecule has 1 atom stereocenters. The summed E-state index contributed by atoms with van der Waals surface area (Å²) in [4.78, 5) is 11.9. The highest BCUT2D eigenvalue weighted by Crippen LogP contribution is 2.31. The van der Waals surface area contributed by atoms with Gasteiger partial charge in [-0.05, 0) is 48.9 Å². The summed E-state index contributed by atoms with van der Waals surface area (Å²) in [6.45, 7) is 7.43. The van der Waals surface area contributed by atoms with Gasteiger partial charge in [-0.2, -0.15) is 0 Å². The number of nitrogens with one attached hydrogen (secondary N) is 1. The minimum absolute atomic E-state index is 0.00745. The van der Waals surface area contributed by atoms with Gasteiger partial charge >= 0.3 is 0 Å². The standard InChI is InChI=1S/C17H24ClNO3/c1-11(2)14-8-15(18)12(3)7-16(14)22-10-17(20)19-9-13-5-4-6-21-13/h7-8,11,13H,4-6,9-10H2,1-3H3,(H,19,20). The van der Waals surface area contributed by atoms with Crippen LogP contribution in [0.3, 0.4) is 0 Å². The topological polar surface area (TPSA) is 47.6 Å². The average molecular weight is 326 g/mol. The summed E-state index contributed by atoms with van der Waals surface area (Å²) < 4.78 is 11.2. The Labute approximate surface area is 137 Å². The van der Waals surface area contributed by atoms with Crippen molar-refractivity contribution in [2.45, 2.75) is 45.6 Å². The molecule has 0 aromatic heterocycles. The molecule has 1 heterocycles. The maximum atomic E-state index is 11.9. The summed E-state index contributed by atoms with van der Waals surface area (Å²) in [5, 5.41) is 3.58. The van der Waals surface area contributed by atoms with Crippen LogP contribution in [0.2, 0.25) is 5.02 Å². The first-order valence-corrected chi connectivity index (χ1v) is 8.16. The van der Waals surface area contributed by atoms with Gasteiger partial charge in [-0.15, -0.1) is 0 Å². The Morgan fingerprint density at radius 2 is 2.27 bits per heavy atom. The van der Waals surface area contributed by atoms with Crippen LogP contribution >= 0.6 is 11.6 Å². The van der Waals surface area contributed by atoms with Gasteiger partial charge in [0.2, 0.25) is 0 Å². The van der Waals surface area contributed by atoms with Gasteiger partial charge in [0.15, 0.2) is 6.61 Å². The predicted molar refractivity (Wildman–Crippen MR) is 87.8 cm³/mol. The van der Waals surface area contributed by atoms with E-state index in [4.69, 9.17) is 21.1 Å². The maximum Gasteiger partial charge on any atom is 0.258 e. The van der Waals surface area contributed by atoms with Crippen LogP contribution in [0, 0.1) is 6.92 Å². The van der Waals surface area contributed by atoms with Gasteiger partial charge < -0.3 is 14.8 Å². The fourth-order valence-corrected chi connectivity index (χ4v) is 2.65. The van der Waals surface area contributed by atoms with E-state index < -0.39 is 0 Å². The molecular formula is C17H24ClNO3. The highest BCUT2D eigenvalue weighted by Gasteiger charge is 2.17. The van der Waals surface area contributed by atoms with Crippen LogP contribution in [-0.4, -0.2) is 31.8 Å². The van der Waals surface area contributed by atoms with E-state index >= 15 is 0 Å². The molecule has 1 aliphatic heterocycles. The van der Waals surface area contributed by atoms with E-state index in [0.717, 1.165) is 41.3 Å². The second-order valence-electron chi connectivity index (χ2n) is 6.02. The second kappa shape index (κ2) is 7.84. The molecule has 0 radical (unpaired) electrons. The van der Waals surface area contributed by atoms with Gasteiger partial charge in [0.1, 0.15) is 5.75 Å². The van der Waals surface area contributed by atoms with Gasteiger partial charge in [-0.1, -0.05) is 25.4 Å². The molecule has 1 saturated heterocycles. The largest absolute Gasteiger partial charge is 0.483 e. The van der Waals surface area contributed by atoms with Crippen LogP contribution in [0.1, 0.15) is 43.7 Å². The molecule has 1 aliphatic rings. The van der Waals surface area contributed by atoms with Crippen molar-refractivity contribution in [1.82, 2.24) is 5.32 Å². The predicted octanol–water partition coefficient (Wildman–Crippen LogP) is 3.45. The molecule has 5 heteroatoms. The first-order chi connectivity index (χ1) is 10.5. The number of ether oxygens (including phenoxy) is 2. The van der Waals surface area contributed by atoms with Crippen molar-refractivity contribution in [3.63, 3.8) is 0 Å². The van der Waals surface area contributed by atoms with Gasteiger partial charge in [0.05, 0.1) is 6.10 Å². The number of hydrogen-bond donors (Lipinski definition) is 1. The van der Waals surface area contributed by atoms with Crippen molar-refractivity contribution in [3.05, 3.63) is 28.3 Å². The summed E-state index contributed by atoms with van der Waals surface area (Å²) in [5.41, 5.74) is 1.96. The van der Waals surface area contributed by atoms with E-state index in [1.165, 1.54) is 0 Å². The minimum Gasteiger partial charge on any atom is -0.483 e. The number of carbonyl (C=O) groups is 1. The molecule has 1 N–H and O–H groups in total. The number of halogens is 1. The van der Waals surface area contributed by atoms with Crippen molar-refractivity contribution in [2.24, 2.45) is 0 Å². The van der Waals surface area contributed by atoms with E-state index in [1.807, 2.05) is 19.1 Å². The first kappa shape index (κ1) is 17.1. The van der Waals surface area contributed by atoms with Crippen LogP contribution in [0.15, 0.2) is 12.1 Å². The molecule has 0 spiro atoms. The lowest BCUT2D eigenvalue weighted by molar-refractivity contribution is -0.123. The zero-order valence-corrected chi connectivity index (χ0v) is 14.2. The Kier molecular flexibility index (Phi) is 6.09. The van der Waals surface area contributed by atoms with Crippen molar-refractivity contribution in [1.29, 1.82) is 0 Å². The van der Waals surface area contributed by atoms with E-state index in [9.17, 15) is 4.79 Å². The molecule has 0 aliphatic carbocycles. The SMILES string of the molecule is Cc1cc(OCC(=O)NCC2CCCO2)c(C(C)C)cc1Cl. The Morgan fingerprint density at radius 3 is 2.91 bits per heavy atom. The summed E-state index contributed by atoms with van der Waals surface area (Å²) >= 11 is 6.17. The number of rotatable bonds is 6. The third kappa shape index (κ3) is 4.62. The monoisotopic (exact) mass is 325 g/mol. The molecule has 1 aromatic rings. The Hall–Kier alpha value is -1.26. The molecule has 122 valence electrons. The molecule has 22 heavy (non-hydrogen) atoms. The third-order valence-corrected chi connectivity index (χ3v) is 4.23.